The molecule has 3 heteroatoms. The maximum absolute atomic E-state index is 11.7. The zero-order valence-electron chi connectivity index (χ0n) is 18.5. The molecule has 2 aromatic carbocycles. The highest BCUT2D eigenvalue weighted by Crippen LogP contribution is 2.36. The number of benzene rings is 2. The van der Waals surface area contributed by atoms with Gasteiger partial charge in [-0.15, -0.1) is 0 Å². The normalized spacial score (nSPS) is 13.0. The van der Waals surface area contributed by atoms with E-state index in [4.69, 9.17) is 4.74 Å². The van der Waals surface area contributed by atoms with Gasteiger partial charge >= 0.3 is 5.97 Å². The van der Waals surface area contributed by atoms with Crippen LogP contribution in [0.4, 0.5) is 0 Å². The Morgan fingerprint density at radius 1 is 1.00 bits per heavy atom. The number of aryl methyl sites for hydroxylation is 1. The van der Waals surface area contributed by atoms with Crippen molar-refractivity contribution < 1.29 is 14.0 Å². The number of ether oxygens (including phenoxy) is 1. The summed E-state index contributed by atoms with van der Waals surface area (Å²) < 4.78 is 6.60. The summed E-state index contributed by atoms with van der Waals surface area (Å²) >= 11 is 0. The average molecular weight is 383 g/mol. The first kappa shape index (κ1) is 22.2. The number of rotatable bonds is 8. The molecular weight excluding hydrogens is 346 g/mol. The fraction of sp³-hybridized carbons (Fsp3) is 0.480. The third-order valence-electron chi connectivity index (χ3n) is 6.26. The van der Waals surface area contributed by atoms with E-state index in [1.165, 1.54) is 18.1 Å². The van der Waals surface area contributed by atoms with Crippen LogP contribution >= 0.6 is 0 Å². The Balaban J connectivity index is 2.48. The SMILES string of the molecule is CC(=O)Oc1ccc(C)cc1C(CC[N+](C)(C(C)C)C(C)C)c1ccccc1. The van der Waals surface area contributed by atoms with Gasteiger partial charge in [0, 0.05) is 24.8 Å². The smallest absolute Gasteiger partial charge is 0.308 e. The first-order valence-electron chi connectivity index (χ1n) is 10.3. The van der Waals surface area contributed by atoms with Crippen molar-refractivity contribution in [3.05, 3.63) is 65.2 Å². The van der Waals surface area contributed by atoms with E-state index in [2.05, 4.69) is 72.0 Å². The summed E-state index contributed by atoms with van der Waals surface area (Å²) in [7, 11) is 2.35. The van der Waals surface area contributed by atoms with Crippen LogP contribution in [0.5, 0.6) is 5.75 Å². The first-order valence-corrected chi connectivity index (χ1v) is 10.3. The number of hydrogen-bond donors (Lipinski definition) is 0. The molecule has 3 nitrogen and oxygen atoms in total. The van der Waals surface area contributed by atoms with Crippen LogP contribution < -0.4 is 4.74 Å². The molecule has 1 unspecified atom stereocenters. The molecule has 2 rings (SSSR count). The Morgan fingerprint density at radius 3 is 2.14 bits per heavy atom. The lowest BCUT2D eigenvalue weighted by Gasteiger charge is -2.43. The van der Waals surface area contributed by atoms with Crippen molar-refractivity contribution in [1.29, 1.82) is 0 Å². The van der Waals surface area contributed by atoms with E-state index in [0.29, 0.717) is 17.8 Å². The summed E-state index contributed by atoms with van der Waals surface area (Å²) in [5, 5.41) is 0. The van der Waals surface area contributed by atoms with Crippen LogP contribution in [-0.4, -0.2) is 36.1 Å². The van der Waals surface area contributed by atoms with Gasteiger partial charge in [-0.2, -0.15) is 0 Å². The molecule has 152 valence electrons. The van der Waals surface area contributed by atoms with E-state index in [1.807, 2.05) is 18.2 Å². The lowest BCUT2D eigenvalue weighted by molar-refractivity contribution is -0.949. The van der Waals surface area contributed by atoms with Crippen molar-refractivity contribution in [3.8, 4) is 5.75 Å². The number of nitrogens with zero attached hydrogens (tertiary/aromatic N) is 1. The molecule has 0 saturated heterocycles. The molecule has 2 aromatic rings. The fourth-order valence-corrected chi connectivity index (χ4v) is 3.90. The van der Waals surface area contributed by atoms with Gasteiger partial charge in [-0.1, -0.05) is 48.0 Å². The van der Waals surface area contributed by atoms with Crippen LogP contribution in [-0.2, 0) is 4.79 Å². The van der Waals surface area contributed by atoms with E-state index >= 15 is 0 Å². The van der Waals surface area contributed by atoms with Gasteiger partial charge in [-0.05, 0) is 46.2 Å². The van der Waals surface area contributed by atoms with Crippen LogP contribution in [0, 0.1) is 6.92 Å². The van der Waals surface area contributed by atoms with Crippen LogP contribution in [0.1, 0.15) is 63.6 Å². The maximum Gasteiger partial charge on any atom is 0.308 e. The number of carbonyl (C=O) groups excluding carboxylic acids is 1. The van der Waals surface area contributed by atoms with Crippen LogP contribution in [0.25, 0.3) is 0 Å². The Bertz CT molecular complexity index is 772. The van der Waals surface area contributed by atoms with Gasteiger partial charge in [-0.25, -0.2) is 0 Å². The molecule has 0 aliphatic heterocycles. The number of quaternary nitrogens is 1. The molecule has 1 atom stereocenters. The van der Waals surface area contributed by atoms with Gasteiger partial charge in [0.15, 0.2) is 0 Å². The monoisotopic (exact) mass is 382 g/mol. The van der Waals surface area contributed by atoms with E-state index in [1.54, 1.807) is 0 Å². The van der Waals surface area contributed by atoms with Crippen molar-refractivity contribution in [1.82, 2.24) is 0 Å². The van der Waals surface area contributed by atoms with E-state index in [0.717, 1.165) is 23.0 Å². The summed E-state index contributed by atoms with van der Waals surface area (Å²) in [6, 6.07) is 17.8. The molecule has 0 amide bonds. The molecule has 0 spiro atoms. The standard InChI is InChI=1S/C25H36NO2/c1-18(2)26(7,19(3)4)16-15-23(22-11-9-8-10-12-22)24-17-20(5)13-14-25(24)28-21(6)27/h8-14,17-19,23H,15-16H2,1-7H3/q+1. The summed E-state index contributed by atoms with van der Waals surface area (Å²) in [6.07, 6.45) is 0.995. The predicted octanol–water partition coefficient (Wildman–Crippen LogP) is 5.71. The highest BCUT2D eigenvalue weighted by Gasteiger charge is 2.31. The highest BCUT2D eigenvalue weighted by molar-refractivity contribution is 5.70. The number of hydrogen-bond acceptors (Lipinski definition) is 2. The number of carbonyl (C=O) groups is 1. The topological polar surface area (TPSA) is 26.3 Å². The first-order chi connectivity index (χ1) is 13.1. The van der Waals surface area contributed by atoms with Crippen molar-refractivity contribution in [2.75, 3.05) is 13.6 Å². The molecule has 0 aromatic heterocycles. The Hall–Kier alpha value is -2.13. The lowest BCUT2D eigenvalue weighted by Crippen LogP contribution is -2.55. The minimum absolute atomic E-state index is 0.186. The van der Waals surface area contributed by atoms with Crippen molar-refractivity contribution >= 4 is 5.97 Å². The third-order valence-corrected chi connectivity index (χ3v) is 6.26. The molecule has 0 aliphatic carbocycles. The Kier molecular flexibility index (Phi) is 7.42. The van der Waals surface area contributed by atoms with Crippen molar-refractivity contribution in [2.24, 2.45) is 0 Å². The third kappa shape index (κ3) is 5.23. The molecule has 0 saturated carbocycles. The quantitative estimate of drug-likeness (QED) is 0.332. The molecule has 0 aliphatic rings. The van der Waals surface area contributed by atoms with Gasteiger partial charge in [0.1, 0.15) is 5.75 Å². The number of esters is 1. The summed E-state index contributed by atoms with van der Waals surface area (Å²) in [5.74, 6) is 0.586. The lowest BCUT2D eigenvalue weighted by atomic mass is 9.86. The second-order valence-electron chi connectivity index (χ2n) is 8.64. The Labute approximate surface area is 170 Å². The second-order valence-corrected chi connectivity index (χ2v) is 8.64. The van der Waals surface area contributed by atoms with E-state index in [-0.39, 0.29) is 11.9 Å². The van der Waals surface area contributed by atoms with Crippen molar-refractivity contribution in [3.63, 3.8) is 0 Å². The largest absolute Gasteiger partial charge is 0.426 e. The fourth-order valence-electron chi connectivity index (χ4n) is 3.90. The van der Waals surface area contributed by atoms with E-state index < -0.39 is 0 Å². The molecule has 0 N–H and O–H groups in total. The summed E-state index contributed by atoms with van der Waals surface area (Å²) in [6.45, 7) is 13.8. The van der Waals surface area contributed by atoms with Gasteiger partial charge < -0.3 is 9.22 Å². The minimum atomic E-state index is -0.276. The zero-order chi connectivity index (χ0) is 20.9. The van der Waals surface area contributed by atoms with Gasteiger partial charge in [0.25, 0.3) is 0 Å². The molecular formula is C25H36NO2+. The van der Waals surface area contributed by atoms with Crippen LogP contribution in [0.3, 0.4) is 0 Å². The van der Waals surface area contributed by atoms with Gasteiger partial charge in [0.2, 0.25) is 0 Å². The summed E-state index contributed by atoms with van der Waals surface area (Å²) in [4.78, 5) is 11.7. The van der Waals surface area contributed by atoms with Crippen LogP contribution in [0.2, 0.25) is 0 Å². The molecule has 0 radical (unpaired) electrons. The molecule has 28 heavy (non-hydrogen) atoms. The summed E-state index contributed by atoms with van der Waals surface area (Å²) in [5.41, 5.74) is 3.54. The second kappa shape index (κ2) is 9.38. The zero-order valence-corrected chi connectivity index (χ0v) is 18.5. The molecule has 0 fully saturated rings. The molecule has 0 bridgehead atoms. The van der Waals surface area contributed by atoms with E-state index in [9.17, 15) is 4.79 Å². The van der Waals surface area contributed by atoms with Gasteiger partial charge in [-0.3, -0.25) is 4.79 Å². The average Bonchev–Trinajstić information content (AvgIpc) is 2.64. The minimum Gasteiger partial charge on any atom is -0.426 e. The predicted molar refractivity (Wildman–Crippen MR) is 117 cm³/mol. The highest BCUT2D eigenvalue weighted by atomic mass is 16.5. The molecule has 0 heterocycles. The Morgan fingerprint density at radius 2 is 1.61 bits per heavy atom. The van der Waals surface area contributed by atoms with Crippen molar-refractivity contribution in [2.45, 2.75) is 66.0 Å². The van der Waals surface area contributed by atoms with Gasteiger partial charge in [0.05, 0.1) is 25.7 Å². The van der Waals surface area contributed by atoms with Crippen LogP contribution in [0.15, 0.2) is 48.5 Å². The maximum atomic E-state index is 11.7.